The fourth-order valence-corrected chi connectivity index (χ4v) is 2.93. The zero-order valence-corrected chi connectivity index (χ0v) is 16.7. The quantitative estimate of drug-likeness (QED) is 0.824. The van der Waals surface area contributed by atoms with Gasteiger partial charge in [0.2, 0.25) is 0 Å². The first kappa shape index (κ1) is 20.1. The van der Waals surface area contributed by atoms with Crippen molar-refractivity contribution in [2.24, 2.45) is 11.1 Å². The van der Waals surface area contributed by atoms with Crippen LogP contribution in [0.1, 0.15) is 60.1 Å². The van der Waals surface area contributed by atoms with Crippen LogP contribution in [-0.4, -0.2) is 24.4 Å². The van der Waals surface area contributed by atoms with Gasteiger partial charge in [-0.15, -0.1) is 0 Å². The summed E-state index contributed by atoms with van der Waals surface area (Å²) >= 11 is 6.39. The molecule has 1 aromatic rings. The monoisotopic (exact) mass is 367 g/mol. The van der Waals surface area contributed by atoms with Gasteiger partial charge >= 0.3 is 13.2 Å². The Morgan fingerprint density at radius 3 is 2.16 bits per heavy atom. The van der Waals surface area contributed by atoms with Gasteiger partial charge in [-0.25, -0.2) is 4.79 Å². The van der Waals surface area contributed by atoms with E-state index in [0.29, 0.717) is 10.6 Å². The van der Waals surface area contributed by atoms with E-state index in [2.05, 4.69) is 0 Å². The Hall–Kier alpha value is -1.24. The third-order valence-corrected chi connectivity index (χ3v) is 5.19. The van der Waals surface area contributed by atoms with E-state index in [1.165, 1.54) is 0 Å². The van der Waals surface area contributed by atoms with Gasteiger partial charge in [0.05, 0.1) is 11.2 Å². The molecular formula is C18H27BClNO4. The first-order valence-electron chi connectivity index (χ1n) is 8.36. The van der Waals surface area contributed by atoms with E-state index in [9.17, 15) is 4.79 Å². The van der Waals surface area contributed by atoms with Gasteiger partial charge in [-0.2, -0.15) is 0 Å². The second kappa shape index (κ2) is 6.49. The van der Waals surface area contributed by atoms with Gasteiger partial charge in [0.15, 0.2) is 0 Å². The maximum Gasteiger partial charge on any atom is 0.494 e. The Bertz CT molecular complexity index is 654. The Morgan fingerprint density at radius 2 is 1.72 bits per heavy atom. The molecule has 1 aliphatic rings. The molecule has 0 aliphatic carbocycles. The van der Waals surface area contributed by atoms with E-state index in [4.69, 9.17) is 31.4 Å². The van der Waals surface area contributed by atoms with E-state index in [0.717, 1.165) is 5.46 Å². The summed E-state index contributed by atoms with van der Waals surface area (Å²) in [7, 11) is -0.518. The molecule has 2 rings (SSSR count). The van der Waals surface area contributed by atoms with Gasteiger partial charge in [0.25, 0.3) is 0 Å². The van der Waals surface area contributed by atoms with Crippen molar-refractivity contribution >= 4 is 30.3 Å². The molecule has 1 atom stereocenters. The van der Waals surface area contributed by atoms with Crippen LogP contribution < -0.4 is 11.2 Å². The lowest BCUT2D eigenvalue weighted by atomic mass is 9.76. The molecule has 0 spiro atoms. The summed E-state index contributed by atoms with van der Waals surface area (Å²) in [5, 5.41) is 0.501. The lowest BCUT2D eigenvalue weighted by Crippen LogP contribution is -2.41. The SMILES string of the molecule is CC(C)(C)C(OC(N)=O)c1cc(B2OC(C)(C)C(C)(C)O2)ccc1Cl. The topological polar surface area (TPSA) is 70.8 Å². The molecule has 1 heterocycles. The normalized spacial score (nSPS) is 20.4. The Morgan fingerprint density at radius 1 is 1.20 bits per heavy atom. The summed E-state index contributed by atoms with van der Waals surface area (Å²) in [6.45, 7) is 13.9. The van der Waals surface area contributed by atoms with Crippen LogP contribution in [0.4, 0.5) is 4.79 Å². The summed E-state index contributed by atoms with van der Waals surface area (Å²) in [4.78, 5) is 11.4. The molecule has 0 bridgehead atoms. The number of amides is 1. The highest BCUT2D eigenvalue weighted by molar-refractivity contribution is 6.62. The van der Waals surface area contributed by atoms with Crippen LogP contribution in [0.15, 0.2) is 18.2 Å². The van der Waals surface area contributed by atoms with Crippen LogP contribution in [0.25, 0.3) is 0 Å². The number of halogens is 1. The molecule has 0 aromatic heterocycles. The molecule has 25 heavy (non-hydrogen) atoms. The second-order valence-electron chi connectivity index (χ2n) is 8.55. The number of ether oxygens (including phenoxy) is 1. The van der Waals surface area contributed by atoms with Crippen LogP contribution in [0.5, 0.6) is 0 Å². The molecule has 1 aromatic carbocycles. The molecule has 1 aliphatic heterocycles. The second-order valence-corrected chi connectivity index (χ2v) is 8.96. The number of hydrogen-bond acceptors (Lipinski definition) is 4. The standard InChI is InChI=1S/C18H27BClNO4/c1-16(2,3)14(23-15(21)22)12-10-11(8-9-13(12)20)19-24-17(4,5)18(6,7)25-19/h8-10,14H,1-7H3,(H2,21,22). The van der Waals surface area contributed by atoms with Crippen molar-refractivity contribution in [2.45, 2.75) is 65.8 Å². The van der Waals surface area contributed by atoms with Crippen LogP contribution >= 0.6 is 11.6 Å². The minimum absolute atomic E-state index is 0.382. The lowest BCUT2D eigenvalue weighted by Gasteiger charge is -2.32. The van der Waals surface area contributed by atoms with E-state index in [1.807, 2.05) is 60.6 Å². The minimum atomic E-state index is -0.836. The molecule has 0 saturated carbocycles. The molecule has 5 nitrogen and oxygen atoms in total. The number of hydrogen-bond donors (Lipinski definition) is 1. The van der Waals surface area contributed by atoms with Crippen molar-refractivity contribution in [3.63, 3.8) is 0 Å². The highest BCUT2D eigenvalue weighted by atomic mass is 35.5. The predicted molar refractivity (Wildman–Crippen MR) is 100 cm³/mol. The maximum atomic E-state index is 11.4. The van der Waals surface area contributed by atoms with E-state index in [-0.39, 0.29) is 5.41 Å². The summed E-state index contributed by atoms with van der Waals surface area (Å²) in [6, 6.07) is 5.49. The Kier molecular flexibility index (Phi) is 5.21. The number of rotatable bonds is 3. The number of primary amides is 1. The number of nitrogens with two attached hydrogens (primary N) is 1. The van der Waals surface area contributed by atoms with Gasteiger partial charge in [0.1, 0.15) is 6.10 Å². The molecule has 0 radical (unpaired) electrons. The summed E-state index contributed by atoms with van der Waals surface area (Å²) in [5.74, 6) is 0. The van der Waals surface area contributed by atoms with E-state index >= 15 is 0 Å². The van der Waals surface area contributed by atoms with E-state index < -0.39 is 30.5 Å². The zero-order chi connectivity index (χ0) is 19.2. The first-order valence-corrected chi connectivity index (χ1v) is 8.73. The van der Waals surface area contributed by atoms with Crippen molar-refractivity contribution in [1.29, 1.82) is 0 Å². The molecular weight excluding hydrogens is 340 g/mol. The average molecular weight is 368 g/mol. The Labute approximate surface area is 155 Å². The van der Waals surface area contributed by atoms with Crippen LogP contribution in [-0.2, 0) is 14.0 Å². The molecule has 2 N–H and O–H groups in total. The van der Waals surface area contributed by atoms with Gasteiger partial charge in [-0.1, -0.05) is 44.5 Å². The van der Waals surface area contributed by atoms with Gasteiger partial charge in [-0.05, 0) is 39.2 Å². The van der Waals surface area contributed by atoms with Gasteiger partial charge in [-0.3, -0.25) is 0 Å². The predicted octanol–water partition coefficient (Wildman–Crippen LogP) is 3.82. The van der Waals surface area contributed by atoms with Gasteiger partial charge in [0, 0.05) is 16.0 Å². The van der Waals surface area contributed by atoms with Crippen molar-refractivity contribution in [3.8, 4) is 0 Å². The lowest BCUT2D eigenvalue weighted by molar-refractivity contribution is 0.00578. The Balaban J connectivity index is 2.42. The number of carbonyl (C=O) groups excluding carboxylic acids is 1. The largest absolute Gasteiger partial charge is 0.494 e. The van der Waals surface area contributed by atoms with Crippen molar-refractivity contribution < 1.29 is 18.8 Å². The number of benzene rings is 1. The first-order chi connectivity index (χ1) is 11.2. The minimum Gasteiger partial charge on any atom is -0.441 e. The van der Waals surface area contributed by atoms with Crippen LogP contribution in [0.2, 0.25) is 5.02 Å². The van der Waals surface area contributed by atoms with Crippen molar-refractivity contribution in [2.75, 3.05) is 0 Å². The van der Waals surface area contributed by atoms with E-state index in [1.54, 1.807) is 6.07 Å². The molecule has 1 fully saturated rings. The molecule has 1 amide bonds. The average Bonchev–Trinajstić information content (AvgIpc) is 2.64. The van der Waals surface area contributed by atoms with Gasteiger partial charge < -0.3 is 19.8 Å². The fourth-order valence-electron chi connectivity index (χ4n) is 2.71. The fraction of sp³-hybridized carbons (Fsp3) is 0.611. The molecule has 1 unspecified atom stereocenters. The highest BCUT2D eigenvalue weighted by Crippen LogP contribution is 2.40. The molecule has 138 valence electrons. The van der Waals surface area contributed by atoms with Crippen LogP contribution in [0.3, 0.4) is 0 Å². The van der Waals surface area contributed by atoms with Crippen molar-refractivity contribution in [1.82, 2.24) is 0 Å². The third kappa shape index (κ3) is 4.13. The van der Waals surface area contributed by atoms with Crippen LogP contribution in [0, 0.1) is 5.41 Å². The summed E-state index contributed by atoms with van der Waals surface area (Å²) in [5.41, 5.74) is 5.49. The maximum absolute atomic E-state index is 11.4. The number of carbonyl (C=O) groups is 1. The summed E-state index contributed by atoms with van der Waals surface area (Å²) < 4.78 is 17.5. The zero-order valence-electron chi connectivity index (χ0n) is 16.0. The third-order valence-electron chi connectivity index (χ3n) is 4.85. The smallest absolute Gasteiger partial charge is 0.441 e. The molecule has 1 saturated heterocycles. The van der Waals surface area contributed by atoms with Crippen molar-refractivity contribution in [3.05, 3.63) is 28.8 Å². The highest BCUT2D eigenvalue weighted by Gasteiger charge is 2.51. The summed E-state index contributed by atoms with van der Waals surface area (Å²) in [6.07, 6.45) is -1.42. The molecule has 7 heteroatoms.